The monoisotopic (exact) mass is 159 g/mol. The quantitative estimate of drug-likeness (QED) is 0.561. The van der Waals surface area contributed by atoms with Gasteiger partial charge in [0.1, 0.15) is 0 Å². The van der Waals surface area contributed by atoms with E-state index in [2.05, 4.69) is 5.32 Å². The molecule has 2 aliphatic carbocycles. The van der Waals surface area contributed by atoms with Gasteiger partial charge in [-0.05, 0) is 25.3 Å². The number of hydrogen-bond donors (Lipinski definition) is 1. The Morgan fingerprint density at radius 2 is 2.09 bits per heavy atom. The number of nitrogens with one attached hydrogen (secondary N) is 1. The van der Waals surface area contributed by atoms with Crippen LogP contribution in [-0.4, -0.2) is 18.5 Å². The van der Waals surface area contributed by atoms with Gasteiger partial charge in [0.05, 0.1) is 0 Å². The van der Waals surface area contributed by atoms with Gasteiger partial charge in [0.15, 0.2) is 0 Å². The molecule has 3 fully saturated rings. The third-order valence-electron chi connectivity index (χ3n) is 3.62. The third kappa shape index (κ3) is 0.593. The topological polar surface area (TPSA) is 12.0 Å². The van der Waals surface area contributed by atoms with Gasteiger partial charge in [-0.15, -0.1) is 0 Å². The van der Waals surface area contributed by atoms with E-state index in [4.69, 9.17) is 0 Å². The molecule has 1 N–H and O–H groups in total. The standard InChI is InChI=1S/C8H11F2N/c9-8(10)5-2-1-4-3-11-7(4)6(5)8/h4-7,11H,1-3H2/t4-,5-,6-,7+/m1/s1. The molecule has 1 saturated heterocycles. The maximum absolute atomic E-state index is 12.9. The van der Waals surface area contributed by atoms with Crippen LogP contribution in [0, 0.1) is 17.8 Å². The van der Waals surface area contributed by atoms with Gasteiger partial charge in [-0.25, -0.2) is 8.78 Å². The minimum atomic E-state index is -2.31. The van der Waals surface area contributed by atoms with Crippen molar-refractivity contribution in [2.75, 3.05) is 6.54 Å². The van der Waals surface area contributed by atoms with Gasteiger partial charge in [-0.1, -0.05) is 0 Å². The molecule has 0 unspecified atom stereocenters. The van der Waals surface area contributed by atoms with Crippen LogP contribution in [0.5, 0.6) is 0 Å². The van der Waals surface area contributed by atoms with Crippen molar-refractivity contribution >= 4 is 0 Å². The Morgan fingerprint density at radius 1 is 1.27 bits per heavy atom. The summed E-state index contributed by atoms with van der Waals surface area (Å²) >= 11 is 0. The van der Waals surface area contributed by atoms with Gasteiger partial charge in [-0.2, -0.15) is 0 Å². The number of halogens is 2. The molecule has 1 aliphatic heterocycles. The Bertz CT molecular complexity index is 204. The predicted molar refractivity (Wildman–Crippen MR) is 36.4 cm³/mol. The Hall–Kier alpha value is -0.180. The summed E-state index contributed by atoms with van der Waals surface area (Å²) < 4.78 is 25.8. The minimum absolute atomic E-state index is 0.170. The molecule has 3 heteroatoms. The molecule has 1 nitrogen and oxygen atoms in total. The maximum Gasteiger partial charge on any atom is 0.256 e. The first kappa shape index (κ1) is 6.35. The molecule has 3 rings (SSSR count). The second-order valence-electron chi connectivity index (χ2n) is 4.08. The maximum atomic E-state index is 12.9. The third-order valence-corrected chi connectivity index (χ3v) is 3.62. The van der Waals surface area contributed by atoms with Crippen LogP contribution < -0.4 is 5.32 Å². The molecule has 0 aromatic rings. The highest BCUT2D eigenvalue weighted by atomic mass is 19.3. The highest BCUT2D eigenvalue weighted by Gasteiger charge is 2.73. The Labute approximate surface area is 64.2 Å². The molecule has 0 radical (unpaired) electrons. The van der Waals surface area contributed by atoms with E-state index < -0.39 is 5.92 Å². The summed E-state index contributed by atoms with van der Waals surface area (Å²) in [5.74, 6) is -2.30. The van der Waals surface area contributed by atoms with Crippen molar-refractivity contribution < 1.29 is 8.78 Å². The summed E-state index contributed by atoms with van der Waals surface area (Å²) in [5, 5.41) is 3.11. The summed E-state index contributed by atoms with van der Waals surface area (Å²) in [4.78, 5) is 0. The largest absolute Gasteiger partial charge is 0.313 e. The lowest BCUT2D eigenvalue weighted by molar-refractivity contribution is 0.0681. The Balaban J connectivity index is 1.85. The van der Waals surface area contributed by atoms with Crippen LogP contribution in [0.15, 0.2) is 0 Å². The van der Waals surface area contributed by atoms with E-state index in [9.17, 15) is 8.78 Å². The lowest BCUT2D eigenvalue weighted by Gasteiger charge is -2.40. The second kappa shape index (κ2) is 1.60. The van der Waals surface area contributed by atoms with Crippen LogP contribution in [0.4, 0.5) is 8.78 Å². The molecule has 62 valence electrons. The molecule has 11 heavy (non-hydrogen) atoms. The molecule has 4 atom stereocenters. The Morgan fingerprint density at radius 3 is 2.64 bits per heavy atom. The summed E-state index contributed by atoms with van der Waals surface area (Å²) in [7, 11) is 0. The molecular weight excluding hydrogens is 148 g/mol. The zero-order valence-electron chi connectivity index (χ0n) is 6.19. The van der Waals surface area contributed by atoms with Crippen molar-refractivity contribution in [1.82, 2.24) is 5.32 Å². The van der Waals surface area contributed by atoms with Crippen LogP contribution in [0.2, 0.25) is 0 Å². The normalized spacial score (nSPS) is 57.3. The van der Waals surface area contributed by atoms with Crippen molar-refractivity contribution in [2.45, 2.75) is 24.8 Å². The van der Waals surface area contributed by atoms with E-state index in [-0.39, 0.29) is 17.9 Å². The van der Waals surface area contributed by atoms with Gasteiger partial charge in [0, 0.05) is 17.9 Å². The van der Waals surface area contributed by atoms with E-state index in [1.807, 2.05) is 0 Å². The molecule has 0 bridgehead atoms. The molecule has 0 aromatic heterocycles. The van der Waals surface area contributed by atoms with Gasteiger partial charge >= 0.3 is 0 Å². The fraction of sp³-hybridized carbons (Fsp3) is 1.00. The van der Waals surface area contributed by atoms with Crippen molar-refractivity contribution in [3.8, 4) is 0 Å². The molecule has 2 saturated carbocycles. The number of alkyl halides is 2. The van der Waals surface area contributed by atoms with Gasteiger partial charge in [0.25, 0.3) is 5.92 Å². The van der Waals surface area contributed by atoms with Crippen LogP contribution >= 0.6 is 0 Å². The molecule has 0 spiro atoms. The summed E-state index contributed by atoms with van der Waals surface area (Å²) in [6.07, 6.45) is 1.79. The summed E-state index contributed by atoms with van der Waals surface area (Å²) in [6.45, 7) is 0.976. The Kier molecular flexibility index (Phi) is 0.926. The molecular formula is C8H11F2N. The predicted octanol–water partition coefficient (Wildman–Crippen LogP) is 1.25. The number of rotatable bonds is 0. The average Bonchev–Trinajstić information content (AvgIpc) is 2.36. The number of fused-ring (bicyclic) bond motifs is 3. The van der Waals surface area contributed by atoms with E-state index in [1.54, 1.807) is 0 Å². The van der Waals surface area contributed by atoms with Crippen molar-refractivity contribution in [1.29, 1.82) is 0 Å². The first-order valence-electron chi connectivity index (χ1n) is 4.32. The minimum Gasteiger partial charge on any atom is -0.313 e. The summed E-state index contributed by atoms with van der Waals surface area (Å²) in [5.41, 5.74) is 0. The van der Waals surface area contributed by atoms with Gasteiger partial charge in [0.2, 0.25) is 0 Å². The van der Waals surface area contributed by atoms with Gasteiger partial charge < -0.3 is 5.32 Å². The van der Waals surface area contributed by atoms with Gasteiger partial charge in [-0.3, -0.25) is 0 Å². The molecule has 3 aliphatic rings. The summed E-state index contributed by atoms with van der Waals surface area (Å²) in [6, 6.07) is 0.170. The van der Waals surface area contributed by atoms with Crippen LogP contribution in [-0.2, 0) is 0 Å². The smallest absolute Gasteiger partial charge is 0.256 e. The van der Waals surface area contributed by atoms with Crippen molar-refractivity contribution in [3.63, 3.8) is 0 Å². The highest BCUT2D eigenvalue weighted by Crippen LogP contribution is 2.64. The van der Waals surface area contributed by atoms with E-state index >= 15 is 0 Å². The van der Waals surface area contributed by atoms with Crippen molar-refractivity contribution in [3.05, 3.63) is 0 Å². The van der Waals surface area contributed by atoms with E-state index in [1.165, 1.54) is 0 Å². The van der Waals surface area contributed by atoms with Crippen molar-refractivity contribution in [2.24, 2.45) is 17.8 Å². The first-order valence-corrected chi connectivity index (χ1v) is 4.32. The molecule has 0 amide bonds. The lowest BCUT2D eigenvalue weighted by Crippen LogP contribution is -2.56. The SMILES string of the molecule is FC1(F)[C@H]2[C@H]3NC[C@H]3CC[C@H]21. The first-order chi connectivity index (χ1) is 5.21. The van der Waals surface area contributed by atoms with Crippen LogP contribution in [0.25, 0.3) is 0 Å². The fourth-order valence-electron chi connectivity index (χ4n) is 2.79. The fourth-order valence-corrected chi connectivity index (χ4v) is 2.79. The molecule has 0 aromatic carbocycles. The second-order valence-corrected chi connectivity index (χ2v) is 4.08. The zero-order chi connectivity index (χ0) is 7.64. The lowest BCUT2D eigenvalue weighted by atomic mass is 9.79. The van der Waals surface area contributed by atoms with Crippen LogP contribution in [0.1, 0.15) is 12.8 Å². The average molecular weight is 159 g/mol. The van der Waals surface area contributed by atoms with E-state index in [0.29, 0.717) is 5.92 Å². The highest BCUT2D eigenvalue weighted by molar-refractivity contribution is 5.17. The van der Waals surface area contributed by atoms with E-state index in [0.717, 1.165) is 19.4 Å². The van der Waals surface area contributed by atoms with Crippen LogP contribution in [0.3, 0.4) is 0 Å². The zero-order valence-corrected chi connectivity index (χ0v) is 6.19. The molecule has 1 heterocycles. The number of hydrogen-bond acceptors (Lipinski definition) is 1.